The number of ether oxygens (including phenoxy) is 2. The molecule has 0 saturated carbocycles. The van der Waals surface area contributed by atoms with Gasteiger partial charge in [0.1, 0.15) is 10.6 Å². The number of carbonyl (C=O) groups excluding carboxylic acids is 1. The standard InChI is InChI=1S/C25H24N2O4S/c1-3-12-31-25(29)19-7-5-6-17(13-19)14-27-16-26-23-22(24(27)28)21(15-32-23)18-8-10-20(11-9-18)30-4-2/h5-11,13,15-16H,3-4,12,14H2,1-2H3. The number of aromatic nitrogens is 2. The molecule has 164 valence electrons. The van der Waals surface area contributed by atoms with Gasteiger partial charge >= 0.3 is 5.97 Å². The Hall–Kier alpha value is -3.45. The van der Waals surface area contributed by atoms with Gasteiger partial charge in [0.05, 0.1) is 37.0 Å². The monoisotopic (exact) mass is 448 g/mol. The van der Waals surface area contributed by atoms with Crippen LogP contribution in [0.1, 0.15) is 36.2 Å². The van der Waals surface area contributed by atoms with E-state index in [9.17, 15) is 9.59 Å². The molecule has 0 aliphatic carbocycles. The van der Waals surface area contributed by atoms with Crippen LogP contribution in [0.5, 0.6) is 5.75 Å². The largest absolute Gasteiger partial charge is 0.494 e. The summed E-state index contributed by atoms with van der Waals surface area (Å²) in [6, 6.07) is 14.9. The number of fused-ring (bicyclic) bond motifs is 1. The summed E-state index contributed by atoms with van der Waals surface area (Å²) in [7, 11) is 0. The maximum absolute atomic E-state index is 13.3. The molecule has 0 unspecified atom stereocenters. The summed E-state index contributed by atoms with van der Waals surface area (Å²) in [5.74, 6) is 0.439. The first kappa shape index (κ1) is 21.8. The second-order valence-corrected chi connectivity index (χ2v) is 8.16. The first-order valence-corrected chi connectivity index (χ1v) is 11.4. The van der Waals surface area contributed by atoms with E-state index in [1.165, 1.54) is 11.3 Å². The summed E-state index contributed by atoms with van der Waals surface area (Å²) < 4.78 is 12.3. The molecule has 32 heavy (non-hydrogen) atoms. The molecule has 0 bridgehead atoms. The second kappa shape index (κ2) is 9.78. The van der Waals surface area contributed by atoms with Gasteiger partial charge in [-0.2, -0.15) is 0 Å². The van der Waals surface area contributed by atoms with Gasteiger partial charge in [0.15, 0.2) is 0 Å². The van der Waals surface area contributed by atoms with E-state index in [1.807, 2.05) is 49.6 Å². The molecule has 7 heteroatoms. The number of benzene rings is 2. The number of carbonyl (C=O) groups is 1. The summed E-state index contributed by atoms with van der Waals surface area (Å²) in [4.78, 5) is 30.7. The highest BCUT2D eigenvalue weighted by Crippen LogP contribution is 2.31. The fourth-order valence-corrected chi connectivity index (χ4v) is 4.37. The highest BCUT2D eigenvalue weighted by atomic mass is 32.1. The van der Waals surface area contributed by atoms with Crippen LogP contribution in [0.4, 0.5) is 0 Å². The van der Waals surface area contributed by atoms with Crippen molar-refractivity contribution in [2.24, 2.45) is 0 Å². The zero-order valence-electron chi connectivity index (χ0n) is 18.0. The van der Waals surface area contributed by atoms with Gasteiger partial charge in [0, 0.05) is 10.9 Å². The van der Waals surface area contributed by atoms with Gasteiger partial charge in [-0.05, 0) is 48.7 Å². The van der Waals surface area contributed by atoms with E-state index in [-0.39, 0.29) is 11.5 Å². The van der Waals surface area contributed by atoms with E-state index in [2.05, 4.69) is 4.98 Å². The minimum atomic E-state index is -0.356. The number of rotatable bonds is 8. The number of nitrogens with zero attached hydrogens (tertiary/aromatic N) is 2. The molecule has 6 nitrogen and oxygen atoms in total. The van der Waals surface area contributed by atoms with Gasteiger partial charge in [0.2, 0.25) is 0 Å². The van der Waals surface area contributed by atoms with Crippen LogP contribution in [0.25, 0.3) is 21.3 Å². The van der Waals surface area contributed by atoms with Crippen molar-refractivity contribution < 1.29 is 14.3 Å². The predicted octanol–water partition coefficient (Wildman–Crippen LogP) is 5.14. The lowest BCUT2D eigenvalue weighted by Gasteiger charge is -2.09. The summed E-state index contributed by atoms with van der Waals surface area (Å²) in [5.41, 5.74) is 2.99. The molecule has 0 radical (unpaired) electrons. The SMILES string of the molecule is CCCOC(=O)c1cccc(Cn2cnc3scc(-c4ccc(OCC)cc4)c3c2=O)c1. The van der Waals surface area contributed by atoms with Crippen LogP contribution in [-0.2, 0) is 11.3 Å². The van der Waals surface area contributed by atoms with Crippen LogP contribution in [0.2, 0.25) is 0 Å². The third-order valence-electron chi connectivity index (χ3n) is 4.99. The molecule has 0 atom stereocenters. The van der Waals surface area contributed by atoms with Crippen LogP contribution < -0.4 is 10.3 Å². The molecule has 0 saturated heterocycles. The molecule has 2 heterocycles. The Labute approximate surface area is 190 Å². The van der Waals surface area contributed by atoms with Gasteiger partial charge in [-0.3, -0.25) is 9.36 Å². The van der Waals surface area contributed by atoms with E-state index in [0.29, 0.717) is 35.5 Å². The van der Waals surface area contributed by atoms with Gasteiger partial charge in [-0.15, -0.1) is 11.3 Å². The first-order valence-electron chi connectivity index (χ1n) is 10.6. The summed E-state index contributed by atoms with van der Waals surface area (Å²) in [5, 5.41) is 2.56. The third kappa shape index (κ3) is 4.57. The van der Waals surface area contributed by atoms with E-state index in [4.69, 9.17) is 9.47 Å². The molecule has 2 aromatic carbocycles. The van der Waals surface area contributed by atoms with Crippen molar-refractivity contribution in [3.05, 3.63) is 81.7 Å². The molecule has 2 aromatic heterocycles. The molecule has 0 aliphatic rings. The number of esters is 1. The smallest absolute Gasteiger partial charge is 0.338 e. The predicted molar refractivity (Wildman–Crippen MR) is 127 cm³/mol. The fourth-order valence-electron chi connectivity index (χ4n) is 3.46. The van der Waals surface area contributed by atoms with E-state index >= 15 is 0 Å². The lowest BCUT2D eigenvalue weighted by atomic mass is 10.1. The lowest BCUT2D eigenvalue weighted by Crippen LogP contribution is -2.21. The van der Waals surface area contributed by atoms with Crippen LogP contribution >= 0.6 is 11.3 Å². The van der Waals surface area contributed by atoms with Gasteiger partial charge < -0.3 is 9.47 Å². The average Bonchev–Trinajstić information content (AvgIpc) is 3.25. The van der Waals surface area contributed by atoms with Gasteiger partial charge in [0.25, 0.3) is 5.56 Å². The number of hydrogen-bond donors (Lipinski definition) is 0. The Bertz CT molecular complexity index is 1290. The molecular formula is C25H24N2O4S. The Morgan fingerprint density at radius 3 is 2.69 bits per heavy atom. The van der Waals surface area contributed by atoms with Crippen molar-refractivity contribution in [1.82, 2.24) is 9.55 Å². The maximum Gasteiger partial charge on any atom is 0.338 e. The molecule has 4 aromatic rings. The van der Waals surface area contributed by atoms with Crippen LogP contribution in [0.3, 0.4) is 0 Å². The molecule has 0 amide bonds. The van der Waals surface area contributed by atoms with Crippen molar-refractivity contribution in [2.75, 3.05) is 13.2 Å². The van der Waals surface area contributed by atoms with E-state index in [0.717, 1.165) is 28.9 Å². The molecular weight excluding hydrogens is 424 g/mol. The Morgan fingerprint density at radius 1 is 1.12 bits per heavy atom. The van der Waals surface area contributed by atoms with Crippen molar-refractivity contribution >= 4 is 27.5 Å². The first-order chi connectivity index (χ1) is 15.6. The average molecular weight is 449 g/mol. The zero-order chi connectivity index (χ0) is 22.5. The van der Waals surface area contributed by atoms with Crippen molar-refractivity contribution in [3.63, 3.8) is 0 Å². The lowest BCUT2D eigenvalue weighted by molar-refractivity contribution is 0.0505. The second-order valence-electron chi connectivity index (χ2n) is 7.30. The molecule has 0 N–H and O–H groups in total. The zero-order valence-corrected chi connectivity index (χ0v) is 18.9. The normalized spacial score (nSPS) is 10.9. The van der Waals surface area contributed by atoms with Crippen molar-refractivity contribution in [3.8, 4) is 16.9 Å². The highest BCUT2D eigenvalue weighted by Gasteiger charge is 2.14. The highest BCUT2D eigenvalue weighted by molar-refractivity contribution is 7.17. The Kier molecular flexibility index (Phi) is 6.66. The topological polar surface area (TPSA) is 70.4 Å². The van der Waals surface area contributed by atoms with Gasteiger partial charge in [-0.25, -0.2) is 9.78 Å². The van der Waals surface area contributed by atoms with E-state index < -0.39 is 0 Å². The third-order valence-corrected chi connectivity index (χ3v) is 5.88. The van der Waals surface area contributed by atoms with Crippen LogP contribution in [0, 0.1) is 0 Å². The van der Waals surface area contributed by atoms with Gasteiger partial charge in [-0.1, -0.05) is 31.2 Å². The molecule has 0 spiro atoms. The van der Waals surface area contributed by atoms with Crippen LogP contribution in [-0.4, -0.2) is 28.7 Å². The summed E-state index contributed by atoms with van der Waals surface area (Å²) in [6.45, 7) is 5.20. The van der Waals surface area contributed by atoms with Crippen molar-refractivity contribution in [1.29, 1.82) is 0 Å². The minimum Gasteiger partial charge on any atom is -0.494 e. The molecule has 0 fully saturated rings. The maximum atomic E-state index is 13.3. The Balaban J connectivity index is 1.65. The Morgan fingerprint density at radius 2 is 1.94 bits per heavy atom. The fraction of sp³-hybridized carbons (Fsp3) is 0.240. The molecule has 0 aliphatic heterocycles. The number of thiophene rings is 1. The molecule has 4 rings (SSSR count). The summed E-state index contributed by atoms with van der Waals surface area (Å²) in [6.07, 6.45) is 2.33. The summed E-state index contributed by atoms with van der Waals surface area (Å²) >= 11 is 1.45. The minimum absolute atomic E-state index is 0.112. The van der Waals surface area contributed by atoms with E-state index in [1.54, 1.807) is 29.1 Å². The van der Waals surface area contributed by atoms with Crippen LogP contribution in [0.15, 0.2) is 65.0 Å². The number of hydrogen-bond acceptors (Lipinski definition) is 6. The quantitative estimate of drug-likeness (QED) is 0.349. The van der Waals surface area contributed by atoms with Crippen molar-refractivity contribution in [2.45, 2.75) is 26.8 Å².